The molecule has 3 nitrogen and oxygen atoms in total. The smallest absolute Gasteiger partial charge is 0.0699 e. The van der Waals surface area contributed by atoms with Gasteiger partial charge in [-0.1, -0.05) is 27.7 Å². The molecule has 0 atom stereocenters. The van der Waals surface area contributed by atoms with Gasteiger partial charge in [0.05, 0.1) is 11.9 Å². The van der Waals surface area contributed by atoms with Crippen LogP contribution in [0.25, 0.3) is 0 Å². The summed E-state index contributed by atoms with van der Waals surface area (Å²) in [5, 5.41) is 11.7. The molecule has 0 radical (unpaired) electrons. The van der Waals surface area contributed by atoms with Crippen molar-refractivity contribution < 1.29 is 0 Å². The molecule has 0 aromatic carbocycles. The van der Waals surface area contributed by atoms with Crippen molar-refractivity contribution in [3.05, 3.63) is 17.5 Å². The van der Waals surface area contributed by atoms with Crippen LogP contribution in [0.3, 0.4) is 0 Å². The highest BCUT2D eigenvalue weighted by Gasteiger charge is 2.08. The van der Waals surface area contributed by atoms with Crippen LogP contribution in [0, 0.1) is 11.8 Å². The molecule has 0 saturated carbocycles. The van der Waals surface area contributed by atoms with Gasteiger partial charge in [-0.2, -0.15) is 0 Å². The van der Waals surface area contributed by atoms with E-state index >= 15 is 0 Å². The van der Waals surface area contributed by atoms with E-state index in [0.29, 0.717) is 11.8 Å². The summed E-state index contributed by atoms with van der Waals surface area (Å²) >= 11 is 0. The Morgan fingerprint density at radius 3 is 2.29 bits per heavy atom. The Morgan fingerprint density at radius 1 is 1.07 bits per heavy atom. The molecule has 1 aromatic heterocycles. The number of hydrogen-bond donors (Lipinski definition) is 0. The molecular formula is C11H19N3. The van der Waals surface area contributed by atoms with Crippen LogP contribution < -0.4 is 0 Å². The summed E-state index contributed by atoms with van der Waals surface area (Å²) in [4.78, 5) is 0. The van der Waals surface area contributed by atoms with Gasteiger partial charge in [0.15, 0.2) is 0 Å². The highest BCUT2D eigenvalue weighted by atomic mass is 15.3. The Hall–Kier alpha value is -0.990. The van der Waals surface area contributed by atoms with E-state index in [-0.39, 0.29) is 0 Å². The molecule has 1 heterocycles. The number of hydrogen-bond acceptors (Lipinski definition) is 3. The van der Waals surface area contributed by atoms with Gasteiger partial charge in [0.2, 0.25) is 0 Å². The molecule has 0 bridgehead atoms. The van der Waals surface area contributed by atoms with Gasteiger partial charge in [-0.3, -0.25) is 0 Å². The van der Waals surface area contributed by atoms with Gasteiger partial charge in [0.25, 0.3) is 0 Å². The second-order valence-electron chi connectivity index (χ2n) is 4.60. The van der Waals surface area contributed by atoms with E-state index in [1.165, 1.54) is 5.56 Å². The SMILES string of the molecule is CC(C)Cc1cnnnc1CC(C)C. The summed E-state index contributed by atoms with van der Waals surface area (Å²) in [6.07, 6.45) is 3.90. The molecule has 78 valence electrons. The minimum Gasteiger partial charge on any atom is -0.138 e. The third-order valence-corrected chi connectivity index (χ3v) is 2.03. The fourth-order valence-electron chi connectivity index (χ4n) is 1.48. The van der Waals surface area contributed by atoms with Gasteiger partial charge in [0, 0.05) is 0 Å². The summed E-state index contributed by atoms with van der Waals surface area (Å²) in [7, 11) is 0. The molecule has 1 rings (SSSR count). The van der Waals surface area contributed by atoms with Crippen LogP contribution in [-0.4, -0.2) is 15.4 Å². The molecular weight excluding hydrogens is 174 g/mol. The number of nitrogens with zero attached hydrogens (tertiary/aromatic N) is 3. The van der Waals surface area contributed by atoms with E-state index in [4.69, 9.17) is 0 Å². The van der Waals surface area contributed by atoms with Crippen LogP contribution in [0.15, 0.2) is 6.20 Å². The molecule has 0 unspecified atom stereocenters. The molecule has 0 N–H and O–H groups in total. The first-order chi connectivity index (χ1) is 6.59. The number of rotatable bonds is 4. The number of aromatic nitrogens is 3. The van der Waals surface area contributed by atoms with Crippen LogP contribution in [-0.2, 0) is 12.8 Å². The zero-order valence-electron chi connectivity index (χ0n) is 9.49. The molecule has 1 aromatic rings. The van der Waals surface area contributed by atoms with Gasteiger partial charge in [-0.15, -0.1) is 10.2 Å². The van der Waals surface area contributed by atoms with E-state index in [2.05, 4.69) is 43.1 Å². The fraction of sp³-hybridized carbons (Fsp3) is 0.727. The molecule has 0 fully saturated rings. The van der Waals surface area contributed by atoms with E-state index in [1.807, 2.05) is 6.20 Å². The predicted molar refractivity (Wildman–Crippen MR) is 56.9 cm³/mol. The highest BCUT2D eigenvalue weighted by Crippen LogP contribution is 2.13. The van der Waals surface area contributed by atoms with Gasteiger partial charge in [-0.05, 0) is 35.5 Å². The Morgan fingerprint density at radius 2 is 1.71 bits per heavy atom. The molecule has 0 amide bonds. The second kappa shape index (κ2) is 5.03. The van der Waals surface area contributed by atoms with Crippen molar-refractivity contribution in [2.75, 3.05) is 0 Å². The first-order valence-electron chi connectivity index (χ1n) is 5.25. The van der Waals surface area contributed by atoms with Crippen LogP contribution in [0.4, 0.5) is 0 Å². The maximum absolute atomic E-state index is 4.11. The van der Waals surface area contributed by atoms with Crippen molar-refractivity contribution in [3.8, 4) is 0 Å². The van der Waals surface area contributed by atoms with Gasteiger partial charge >= 0.3 is 0 Å². The zero-order valence-corrected chi connectivity index (χ0v) is 9.49. The third kappa shape index (κ3) is 3.40. The van der Waals surface area contributed by atoms with Crippen molar-refractivity contribution in [1.82, 2.24) is 15.4 Å². The van der Waals surface area contributed by atoms with Crippen molar-refractivity contribution in [3.63, 3.8) is 0 Å². The Balaban J connectivity index is 2.80. The zero-order chi connectivity index (χ0) is 10.6. The topological polar surface area (TPSA) is 38.7 Å². The average Bonchev–Trinajstić information content (AvgIpc) is 2.06. The molecule has 0 aliphatic rings. The molecule has 0 aliphatic heterocycles. The standard InChI is InChI=1S/C11H19N3/c1-8(2)5-10-7-12-14-13-11(10)6-9(3)4/h7-9H,5-6H2,1-4H3. The maximum atomic E-state index is 4.11. The summed E-state index contributed by atoms with van der Waals surface area (Å²) in [6, 6.07) is 0. The second-order valence-corrected chi connectivity index (χ2v) is 4.60. The summed E-state index contributed by atoms with van der Waals surface area (Å²) in [5.74, 6) is 1.27. The quantitative estimate of drug-likeness (QED) is 0.736. The lowest BCUT2D eigenvalue weighted by Crippen LogP contribution is -2.07. The lowest BCUT2D eigenvalue weighted by atomic mass is 9.98. The largest absolute Gasteiger partial charge is 0.138 e. The summed E-state index contributed by atoms with van der Waals surface area (Å²) < 4.78 is 0. The van der Waals surface area contributed by atoms with Crippen LogP contribution in [0.5, 0.6) is 0 Å². The van der Waals surface area contributed by atoms with Crippen LogP contribution in [0.1, 0.15) is 39.0 Å². The van der Waals surface area contributed by atoms with Gasteiger partial charge < -0.3 is 0 Å². The molecule has 0 aliphatic carbocycles. The minimum absolute atomic E-state index is 0.623. The van der Waals surface area contributed by atoms with Crippen molar-refractivity contribution in [2.45, 2.75) is 40.5 Å². The molecule has 14 heavy (non-hydrogen) atoms. The van der Waals surface area contributed by atoms with Crippen LogP contribution in [0.2, 0.25) is 0 Å². The monoisotopic (exact) mass is 193 g/mol. The summed E-state index contributed by atoms with van der Waals surface area (Å²) in [5.41, 5.74) is 2.37. The van der Waals surface area contributed by atoms with Crippen molar-refractivity contribution in [1.29, 1.82) is 0 Å². The lowest BCUT2D eigenvalue weighted by molar-refractivity contribution is 0.588. The molecule has 3 heteroatoms. The van der Waals surface area contributed by atoms with Crippen molar-refractivity contribution in [2.24, 2.45) is 11.8 Å². The predicted octanol–water partition coefficient (Wildman–Crippen LogP) is 2.27. The molecule has 0 saturated heterocycles. The fourth-order valence-corrected chi connectivity index (χ4v) is 1.48. The highest BCUT2D eigenvalue weighted by molar-refractivity contribution is 5.15. The maximum Gasteiger partial charge on any atom is 0.0699 e. The van der Waals surface area contributed by atoms with E-state index in [1.54, 1.807) is 0 Å². The Kier molecular flexibility index (Phi) is 3.98. The van der Waals surface area contributed by atoms with E-state index in [9.17, 15) is 0 Å². The van der Waals surface area contributed by atoms with E-state index in [0.717, 1.165) is 18.5 Å². The lowest BCUT2D eigenvalue weighted by Gasteiger charge is -2.10. The Bertz CT molecular complexity index is 253. The average molecular weight is 193 g/mol. The Labute approximate surface area is 85.9 Å². The summed E-state index contributed by atoms with van der Waals surface area (Å²) in [6.45, 7) is 8.81. The van der Waals surface area contributed by atoms with Gasteiger partial charge in [-0.25, -0.2) is 0 Å². The van der Waals surface area contributed by atoms with Crippen molar-refractivity contribution >= 4 is 0 Å². The first kappa shape index (κ1) is 11.1. The van der Waals surface area contributed by atoms with Crippen LogP contribution >= 0.6 is 0 Å². The minimum atomic E-state index is 0.623. The normalized spacial score (nSPS) is 11.3. The first-order valence-corrected chi connectivity index (χ1v) is 5.25. The third-order valence-electron chi connectivity index (χ3n) is 2.03. The molecule has 0 spiro atoms. The van der Waals surface area contributed by atoms with Gasteiger partial charge in [0.1, 0.15) is 0 Å². The van der Waals surface area contributed by atoms with E-state index < -0.39 is 0 Å².